The van der Waals surface area contributed by atoms with Gasteiger partial charge in [-0.15, -0.1) is 0 Å². The molecule has 0 aliphatic carbocycles. The molecule has 0 saturated heterocycles. The number of nitrogens with one attached hydrogen (secondary N) is 7. The summed E-state index contributed by atoms with van der Waals surface area (Å²) in [6, 6.07) is -11.2. The number of aliphatic hydroxyl groups is 4. The van der Waals surface area contributed by atoms with Crippen molar-refractivity contribution in [3.63, 3.8) is 0 Å². The van der Waals surface area contributed by atoms with Gasteiger partial charge in [0.15, 0.2) is 29.7 Å². The molecule has 7 amide bonds. The monoisotopic (exact) mass is 1010 g/mol. The highest BCUT2D eigenvalue weighted by atomic mass is 16.6. The van der Waals surface area contributed by atoms with E-state index in [1.54, 1.807) is 0 Å². The molecule has 0 aromatic carbocycles. The van der Waals surface area contributed by atoms with Gasteiger partial charge in [0.25, 0.3) is 0 Å². The zero-order valence-electron chi connectivity index (χ0n) is 39.5. The average Bonchev–Trinajstić information content (AvgIpc) is 3.31. The van der Waals surface area contributed by atoms with Gasteiger partial charge in [-0.1, -0.05) is 74.4 Å². The van der Waals surface area contributed by atoms with Crippen LogP contribution in [0.4, 0.5) is 0 Å². The van der Waals surface area contributed by atoms with Crippen LogP contribution in [0.15, 0.2) is 10.6 Å². The van der Waals surface area contributed by atoms with Crippen molar-refractivity contribution in [2.75, 3.05) is 26.2 Å². The molecule has 0 heterocycles. The second-order valence-electron chi connectivity index (χ2n) is 16.4. The third-order valence-electron chi connectivity index (χ3n) is 10.4. The summed E-state index contributed by atoms with van der Waals surface area (Å²) in [5.41, 5.74) is 0. The Morgan fingerprint density at radius 3 is 1.53 bits per heavy atom. The maximum Gasteiger partial charge on any atom is 0.335 e. The highest BCUT2D eigenvalue weighted by Crippen LogP contribution is 2.13. The van der Waals surface area contributed by atoms with E-state index in [4.69, 9.17) is 10.4 Å². The van der Waals surface area contributed by atoms with Crippen LogP contribution in [0.1, 0.15) is 117 Å². The minimum atomic E-state index is -2.66. The molecule has 70 heavy (non-hydrogen) atoms. The third-order valence-corrected chi connectivity index (χ3v) is 10.4. The first-order chi connectivity index (χ1) is 33.0. The number of hydroxylamine groups is 2. The van der Waals surface area contributed by atoms with Gasteiger partial charge < -0.3 is 88.7 Å². The summed E-state index contributed by atoms with van der Waals surface area (Å²) in [4.78, 5) is 114. The predicted octanol–water partition coefficient (Wildman–Crippen LogP) is -3.13. The van der Waals surface area contributed by atoms with Gasteiger partial charge in [-0.25, -0.2) is 9.59 Å². The molecule has 0 aliphatic heterocycles. The second-order valence-corrected chi connectivity index (χ2v) is 16.4. The van der Waals surface area contributed by atoms with Crippen molar-refractivity contribution >= 4 is 53.3 Å². The molecule has 0 unspecified atom stereocenters. The molecule has 15 N–H and O–H groups in total. The maximum atomic E-state index is 13.5. The van der Waals surface area contributed by atoms with E-state index in [0.29, 0.717) is 12.8 Å². The predicted molar refractivity (Wildman–Crippen MR) is 237 cm³/mol. The van der Waals surface area contributed by atoms with Gasteiger partial charge in [-0.3, -0.25) is 33.6 Å². The number of carboxylic acids is 2. The molecule has 0 bridgehead atoms. The first kappa shape index (κ1) is 63.5. The first-order valence-corrected chi connectivity index (χ1v) is 22.8. The Balaban J connectivity index is 5.77. The normalized spacial score (nSPS) is 15.5. The molecule has 0 aliphatic rings. The van der Waals surface area contributed by atoms with Crippen LogP contribution < -0.4 is 37.2 Å². The first-order valence-electron chi connectivity index (χ1n) is 22.8. The number of hydrogen-bond donors (Lipinski definition) is 15. The van der Waals surface area contributed by atoms with Crippen molar-refractivity contribution in [1.82, 2.24) is 37.2 Å². The molecular formula is C40H71N11O19. The van der Waals surface area contributed by atoms with Gasteiger partial charge in [0.1, 0.15) is 36.3 Å². The summed E-state index contributed by atoms with van der Waals surface area (Å²) in [5, 5.41) is 119. The quantitative estimate of drug-likeness (QED) is 0.0126. The number of amides is 7. The van der Waals surface area contributed by atoms with E-state index in [-0.39, 0.29) is 35.4 Å². The van der Waals surface area contributed by atoms with E-state index in [2.05, 4.69) is 38.7 Å². The summed E-state index contributed by atoms with van der Waals surface area (Å²) >= 11 is 0. The molecule has 30 nitrogen and oxygen atoms in total. The third kappa shape index (κ3) is 26.9. The van der Waals surface area contributed by atoms with Crippen LogP contribution in [-0.2, 0) is 43.2 Å². The molecule has 0 aromatic heterocycles. The van der Waals surface area contributed by atoms with Crippen LogP contribution in [0.3, 0.4) is 0 Å². The Morgan fingerprint density at radius 2 is 1.03 bits per heavy atom. The van der Waals surface area contributed by atoms with Crippen molar-refractivity contribution in [2.24, 2.45) is 10.6 Å². The van der Waals surface area contributed by atoms with E-state index in [1.165, 1.54) is 19.3 Å². The number of nitrogens with zero attached hydrogens (tertiary/aromatic N) is 4. The van der Waals surface area contributed by atoms with Gasteiger partial charge in [0.2, 0.25) is 41.4 Å². The Labute approximate surface area is 402 Å². The summed E-state index contributed by atoms with van der Waals surface area (Å²) in [5.74, 6) is -12.0. The zero-order chi connectivity index (χ0) is 53.3. The van der Waals surface area contributed by atoms with Crippen molar-refractivity contribution in [2.45, 2.75) is 172 Å². The Hall–Kier alpha value is -6.53. The molecular weight excluding hydrogens is 938 g/mol. The number of aliphatic carboxylic acids is 2. The summed E-state index contributed by atoms with van der Waals surface area (Å²) in [6.45, 7) is 1.18. The van der Waals surface area contributed by atoms with E-state index >= 15 is 0 Å². The largest absolute Gasteiger partial charge is 0.597 e. The van der Waals surface area contributed by atoms with Crippen LogP contribution in [0.25, 0.3) is 0 Å². The lowest BCUT2D eigenvalue weighted by Crippen LogP contribution is -2.63. The van der Waals surface area contributed by atoms with Crippen LogP contribution >= 0.6 is 0 Å². The van der Waals surface area contributed by atoms with Crippen LogP contribution in [0.2, 0.25) is 0 Å². The Bertz CT molecular complexity index is 1760. The van der Waals surface area contributed by atoms with Crippen LogP contribution in [0, 0.1) is 10.4 Å². The highest BCUT2D eigenvalue weighted by molar-refractivity contribution is 5.98. The van der Waals surface area contributed by atoms with Gasteiger partial charge >= 0.3 is 11.9 Å². The molecule has 0 radical (unpaired) electrons. The molecule has 0 saturated carbocycles. The lowest BCUT2D eigenvalue weighted by atomic mass is 10.0. The van der Waals surface area contributed by atoms with Crippen molar-refractivity contribution < 1.29 is 93.9 Å². The number of rotatable bonds is 38. The van der Waals surface area contributed by atoms with E-state index < -0.39 is 141 Å². The smallest absolute Gasteiger partial charge is 0.335 e. The molecule has 30 heteroatoms. The van der Waals surface area contributed by atoms with E-state index in [1.807, 2.05) is 16.0 Å². The summed E-state index contributed by atoms with van der Waals surface area (Å²) < 4.78 is 0. The Kier molecular flexibility index (Phi) is 32.2. The maximum absolute atomic E-state index is 13.5. The summed E-state index contributed by atoms with van der Waals surface area (Å²) in [6.07, 6.45) is 2.75. The van der Waals surface area contributed by atoms with Crippen LogP contribution in [0.5, 0.6) is 0 Å². The number of unbranched alkanes of at least 4 members (excludes halogenated alkanes) is 8. The van der Waals surface area contributed by atoms with Gasteiger partial charge in [0, 0.05) is 12.8 Å². The molecule has 0 rings (SSSR count). The molecule has 0 aromatic rings. The fourth-order valence-electron chi connectivity index (χ4n) is 6.44. The zero-order valence-corrected chi connectivity index (χ0v) is 39.5. The fraction of sp³-hybridized carbons (Fsp3) is 0.775. The number of aliphatic hydroxyl groups excluding tert-OH is 4. The fourth-order valence-corrected chi connectivity index (χ4v) is 6.44. The van der Waals surface area contributed by atoms with Gasteiger partial charge in [-0.05, 0) is 33.1 Å². The average molecular weight is 1010 g/mol. The minimum Gasteiger partial charge on any atom is -0.597 e. The van der Waals surface area contributed by atoms with E-state index in [9.17, 15) is 84.2 Å². The molecule has 0 fully saturated rings. The number of carbonyl (C=O) groups excluding carboxylic acids is 7. The van der Waals surface area contributed by atoms with Gasteiger partial charge in [-0.2, -0.15) is 0 Å². The SMILES string of the molecule is CCCCCCCCCCC[C@@H](O)CC(=O)NCC(=O)N[C@@H](C(=O)N[C@@H](CO)C(=O)N[C@@H](C(=O)N[C@H](CCC/[N+]([O-])=N/O)C(=O)N[C@@H](C)C(=O)N[C@H](CCC/[N+]([O-])=N/O)C(=O)O)[C@@H](C)O)[C@@H](O)C(=O)O. The van der Waals surface area contributed by atoms with Crippen molar-refractivity contribution in [3.05, 3.63) is 10.4 Å². The Morgan fingerprint density at radius 1 is 0.543 bits per heavy atom. The highest BCUT2D eigenvalue weighted by Gasteiger charge is 2.38. The lowest BCUT2D eigenvalue weighted by Gasteiger charge is -2.28. The lowest BCUT2D eigenvalue weighted by molar-refractivity contribution is -0.556. The molecule has 400 valence electrons. The summed E-state index contributed by atoms with van der Waals surface area (Å²) in [7, 11) is 0. The minimum absolute atomic E-state index is 0.134. The number of carboxylic acid groups (broad SMARTS) is 2. The van der Waals surface area contributed by atoms with E-state index in [0.717, 1.165) is 46.0 Å². The topological polar surface area (TPSA) is 477 Å². The van der Waals surface area contributed by atoms with Gasteiger partial charge in [0.05, 0.1) is 31.8 Å². The van der Waals surface area contributed by atoms with Crippen molar-refractivity contribution in [1.29, 1.82) is 0 Å². The molecule has 0 spiro atoms. The molecule has 9 atom stereocenters. The standard InChI is InChI=1S/C40H71N11O19/c1-4-5-6-7-8-9-10-11-12-15-25(54)20-29(55)41-21-30(56)46-32(33(57)40(65)66)38(62)45-28(22-52)36(60)47-31(24(3)53)37(61)43-26(16-13-18-50(69)48-67)35(59)42-23(2)34(58)44-27(39(63)64)17-14-19-51(70)49-68/h23-28,31-33,52-54,57,67-68H,4-22H2,1-3H3,(H,41,55)(H,42,59)(H,43,61)(H,44,58)(H,45,62)(H,46,56)(H,47,60)(H,63,64)(H,65,66)/b50-48-,51-49-/t23-,24+,25+,26+,27+,28-,31+,32+,33+/m0/s1. The second kappa shape index (κ2) is 35.6. The van der Waals surface area contributed by atoms with Crippen molar-refractivity contribution in [3.8, 4) is 0 Å². The van der Waals surface area contributed by atoms with Crippen LogP contribution in [-0.4, -0.2) is 185 Å². The number of carbonyl (C=O) groups is 9. The number of hydrogen-bond acceptors (Lipinski definition) is 17.